The van der Waals surface area contributed by atoms with Gasteiger partial charge >= 0.3 is 0 Å². The van der Waals surface area contributed by atoms with Crippen LogP contribution < -0.4 is 19.7 Å². The second-order valence-corrected chi connectivity index (χ2v) is 8.33. The van der Waals surface area contributed by atoms with Crippen LogP contribution in [0.1, 0.15) is 6.42 Å². The van der Waals surface area contributed by atoms with E-state index in [0.717, 1.165) is 17.0 Å². The number of carbonyl (C=O) groups excluding carboxylic acids is 2. The quantitative estimate of drug-likeness (QED) is 0.414. The Morgan fingerprint density at radius 3 is 2.36 bits per heavy atom. The highest BCUT2D eigenvalue weighted by Crippen LogP contribution is 2.29. The van der Waals surface area contributed by atoms with Crippen LogP contribution in [0.3, 0.4) is 0 Å². The summed E-state index contributed by atoms with van der Waals surface area (Å²) in [5.41, 5.74) is 2.78. The monoisotopic (exact) mass is 484 g/mol. The van der Waals surface area contributed by atoms with Crippen LogP contribution in [0, 0.1) is 5.92 Å². The molecule has 1 aliphatic heterocycles. The van der Waals surface area contributed by atoms with E-state index in [1.165, 1.54) is 0 Å². The van der Waals surface area contributed by atoms with E-state index >= 15 is 0 Å². The highest BCUT2D eigenvalue weighted by molar-refractivity contribution is 6.03. The number of nitrogens with zero attached hydrogens (tertiary/aromatic N) is 3. The minimum atomic E-state index is -0.465. The number of anilines is 2. The number of aromatic nitrogens is 2. The maximum Gasteiger partial charge on any atom is 0.258 e. The van der Waals surface area contributed by atoms with E-state index in [1.807, 2.05) is 42.5 Å². The predicted octanol–water partition coefficient (Wildman–Crippen LogP) is 4.41. The number of methoxy groups -OCH3 is 2. The maximum absolute atomic E-state index is 13.0. The zero-order valence-corrected chi connectivity index (χ0v) is 19.8. The summed E-state index contributed by atoms with van der Waals surface area (Å²) < 4.78 is 15.8. The smallest absolute Gasteiger partial charge is 0.258 e. The van der Waals surface area contributed by atoms with Crippen LogP contribution in [0.5, 0.6) is 11.5 Å². The molecule has 182 valence electrons. The topological polar surface area (TPSA) is 107 Å². The minimum absolute atomic E-state index is 0.0917. The number of hydrogen-bond donors (Lipinski definition) is 1. The number of amides is 2. The summed E-state index contributed by atoms with van der Waals surface area (Å²) in [5, 5.41) is 6.98. The van der Waals surface area contributed by atoms with E-state index in [2.05, 4.69) is 15.5 Å². The average Bonchev–Trinajstić information content (AvgIpc) is 3.56. The fourth-order valence-electron chi connectivity index (χ4n) is 4.07. The Kier molecular flexibility index (Phi) is 6.36. The fraction of sp³-hybridized carbons (Fsp3) is 0.185. The molecule has 1 atom stereocenters. The van der Waals surface area contributed by atoms with E-state index in [4.69, 9.17) is 14.0 Å². The molecule has 1 saturated heterocycles. The third kappa shape index (κ3) is 4.76. The first kappa shape index (κ1) is 23.1. The van der Waals surface area contributed by atoms with Gasteiger partial charge in [-0.05, 0) is 66.7 Å². The maximum atomic E-state index is 13.0. The number of rotatable bonds is 7. The van der Waals surface area contributed by atoms with E-state index in [-0.39, 0.29) is 18.2 Å². The second kappa shape index (κ2) is 9.91. The summed E-state index contributed by atoms with van der Waals surface area (Å²) in [6, 6.07) is 21.7. The highest BCUT2D eigenvalue weighted by atomic mass is 16.5. The van der Waals surface area contributed by atoms with Gasteiger partial charge in [-0.2, -0.15) is 4.98 Å². The third-order valence-corrected chi connectivity index (χ3v) is 6.03. The minimum Gasteiger partial charge on any atom is -0.497 e. The molecule has 1 aromatic heterocycles. The molecular weight excluding hydrogens is 460 g/mol. The Bertz CT molecular complexity index is 1380. The summed E-state index contributed by atoms with van der Waals surface area (Å²) in [7, 11) is 3.19. The lowest BCUT2D eigenvalue weighted by Crippen LogP contribution is -2.28. The van der Waals surface area contributed by atoms with Crippen LogP contribution in [-0.2, 0) is 9.59 Å². The van der Waals surface area contributed by atoms with Gasteiger partial charge in [0.25, 0.3) is 5.89 Å². The molecule has 0 spiro atoms. The molecule has 0 unspecified atom stereocenters. The second-order valence-electron chi connectivity index (χ2n) is 8.33. The molecule has 0 radical (unpaired) electrons. The SMILES string of the molecule is COc1ccc(-c2noc(-c3cccc(NC(=O)[C@@H]4CC(=O)N(c5ccc(OC)cc5)C4)c3)n2)cc1. The third-order valence-electron chi connectivity index (χ3n) is 6.03. The number of carbonyl (C=O) groups is 2. The van der Waals surface area contributed by atoms with Crippen LogP contribution in [0.15, 0.2) is 77.3 Å². The first-order chi connectivity index (χ1) is 17.5. The van der Waals surface area contributed by atoms with Gasteiger partial charge in [0.2, 0.25) is 17.6 Å². The molecule has 9 heteroatoms. The van der Waals surface area contributed by atoms with Gasteiger partial charge in [-0.25, -0.2) is 0 Å². The van der Waals surface area contributed by atoms with Crippen molar-refractivity contribution in [1.82, 2.24) is 10.1 Å². The predicted molar refractivity (Wildman–Crippen MR) is 134 cm³/mol. The van der Waals surface area contributed by atoms with Crippen molar-refractivity contribution in [1.29, 1.82) is 0 Å². The van der Waals surface area contributed by atoms with Crippen molar-refractivity contribution in [2.45, 2.75) is 6.42 Å². The molecule has 4 aromatic rings. The van der Waals surface area contributed by atoms with Gasteiger partial charge < -0.3 is 24.2 Å². The van der Waals surface area contributed by atoms with Gasteiger partial charge in [0.15, 0.2) is 0 Å². The number of ether oxygens (including phenoxy) is 2. The molecule has 0 saturated carbocycles. The molecule has 1 aliphatic rings. The fourth-order valence-corrected chi connectivity index (χ4v) is 4.07. The van der Waals surface area contributed by atoms with E-state index < -0.39 is 5.92 Å². The molecule has 0 bridgehead atoms. The highest BCUT2D eigenvalue weighted by Gasteiger charge is 2.35. The zero-order valence-electron chi connectivity index (χ0n) is 19.8. The normalized spacial score (nSPS) is 15.1. The summed E-state index contributed by atoms with van der Waals surface area (Å²) >= 11 is 0. The lowest BCUT2D eigenvalue weighted by atomic mass is 10.1. The van der Waals surface area contributed by atoms with Gasteiger partial charge in [-0.1, -0.05) is 11.2 Å². The van der Waals surface area contributed by atoms with Gasteiger partial charge in [-0.15, -0.1) is 0 Å². The van der Waals surface area contributed by atoms with Crippen molar-refractivity contribution in [3.8, 4) is 34.3 Å². The van der Waals surface area contributed by atoms with Crippen molar-refractivity contribution in [3.05, 3.63) is 72.8 Å². The van der Waals surface area contributed by atoms with Crippen LogP contribution in [0.25, 0.3) is 22.8 Å². The standard InChI is InChI=1S/C27H24N4O5/c1-34-22-10-6-17(7-11-22)25-29-27(36-30-25)18-4-3-5-20(14-18)28-26(33)19-15-24(32)31(16-19)21-8-12-23(35-2)13-9-21/h3-14,19H,15-16H2,1-2H3,(H,28,33)/t19-/m1/s1. The Balaban J connectivity index is 1.26. The first-order valence-electron chi connectivity index (χ1n) is 11.4. The lowest BCUT2D eigenvalue weighted by Gasteiger charge is -2.17. The molecule has 2 heterocycles. The summed E-state index contributed by atoms with van der Waals surface area (Å²) in [6.07, 6.45) is 0.145. The molecule has 36 heavy (non-hydrogen) atoms. The van der Waals surface area contributed by atoms with Crippen LogP contribution >= 0.6 is 0 Å². The van der Waals surface area contributed by atoms with Gasteiger partial charge in [0, 0.05) is 35.5 Å². The number of benzene rings is 3. The van der Waals surface area contributed by atoms with Gasteiger partial charge in [0.05, 0.1) is 20.1 Å². The molecule has 5 rings (SSSR count). The Morgan fingerprint density at radius 1 is 0.972 bits per heavy atom. The van der Waals surface area contributed by atoms with Gasteiger partial charge in [0.1, 0.15) is 11.5 Å². The average molecular weight is 485 g/mol. The Labute approximate surface area is 207 Å². The summed E-state index contributed by atoms with van der Waals surface area (Å²) in [4.78, 5) is 31.6. The van der Waals surface area contributed by atoms with Crippen LogP contribution in [0.2, 0.25) is 0 Å². The molecule has 1 fully saturated rings. The molecule has 3 aromatic carbocycles. The number of nitrogens with one attached hydrogen (secondary N) is 1. The van der Waals surface area contributed by atoms with E-state index in [9.17, 15) is 9.59 Å². The molecular formula is C27H24N4O5. The lowest BCUT2D eigenvalue weighted by molar-refractivity contribution is -0.122. The molecule has 1 N–H and O–H groups in total. The zero-order chi connectivity index (χ0) is 25.1. The Morgan fingerprint density at radius 2 is 1.67 bits per heavy atom. The largest absolute Gasteiger partial charge is 0.497 e. The van der Waals surface area contributed by atoms with Crippen molar-refractivity contribution in [2.24, 2.45) is 5.92 Å². The van der Waals surface area contributed by atoms with Crippen molar-refractivity contribution in [2.75, 3.05) is 31.0 Å². The van der Waals surface area contributed by atoms with Crippen molar-refractivity contribution >= 4 is 23.2 Å². The van der Waals surface area contributed by atoms with E-state index in [0.29, 0.717) is 35.3 Å². The summed E-state index contributed by atoms with van der Waals surface area (Å²) in [5.74, 6) is 1.45. The molecule has 2 amide bonds. The molecule has 9 nitrogen and oxygen atoms in total. The van der Waals surface area contributed by atoms with Crippen molar-refractivity contribution < 1.29 is 23.6 Å². The van der Waals surface area contributed by atoms with Crippen LogP contribution in [0.4, 0.5) is 11.4 Å². The summed E-state index contributed by atoms with van der Waals surface area (Å²) in [6.45, 7) is 0.311. The van der Waals surface area contributed by atoms with Crippen molar-refractivity contribution in [3.63, 3.8) is 0 Å². The van der Waals surface area contributed by atoms with Gasteiger partial charge in [-0.3, -0.25) is 9.59 Å². The van der Waals surface area contributed by atoms with E-state index in [1.54, 1.807) is 49.5 Å². The molecule has 0 aliphatic carbocycles. The first-order valence-corrected chi connectivity index (χ1v) is 11.4. The van der Waals surface area contributed by atoms with Crippen LogP contribution in [-0.4, -0.2) is 42.7 Å². The number of hydrogen-bond acceptors (Lipinski definition) is 7. The Hall–Kier alpha value is -4.66.